The van der Waals surface area contributed by atoms with Crippen LogP contribution in [0, 0.1) is 13.8 Å². The average Bonchev–Trinajstić information content (AvgIpc) is 2.80. The summed E-state index contributed by atoms with van der Waals surface area (Å²) in [4.78, 5) is 29.5. The summed E-state index contributed by atoms with van der Waals surface area (Å²) < 4.78 is 40.6. The van der Waals surface area contributed by atoms with Gasteiger partial charge in [0.2, 0.25) is 5.43 Å². The third-order valence-electron chi connectivity index (χ3n) is 6.04. The van der Waals surface area contributed by atoms with E-state index in [0.717, 1.165) is 18.7 Å². The standard InChI is InChI=1S/C25H25F3N4O2/c1-17-6-3-4-7-19(17)16-30-10-12-31(13-11-30)24(34)23-22(33)14-18(2)32(29-23)21-9-5-8-20(15-21)25(26,27)28/h3-9,14-15H,10-13,16H2,1-2H3. The molecule has 1 aliphatic rings. The molecule has 0 bridgehead atoms. The van der Waals surface area contributed by atoms with Gasteiger partial charge >= 0.3 is 6.18 Å². The van der Waals surface area contributed by atoms with E-state index in [1.165, 1.54) is 34.0 Å². The molecule has 6 nitrogen and oxygen atoms in total. The first-order valence-corrected chi connectivity index (χ1v) is 11.0. The van der Waals surface area contributed by atoms with Gasteiger partial charge in [0.15, 0.2) is 5.69 Å². The Morgan fingerprint density at radius 3 is 2.35 bits per heavy atom. The van der Waals surface area contributed by atoms with Crippen LogP contribution < -0.4 is 5.43 Å². The second-order valence-electron chi connectivity index (χ2n) is 8.45. The first-order valence-electron chi connectivity index (χ1n) is 11.0. The number of rotatable bonds is 4. The Kier molecular flexibility index (Phi) is 6.56. The van der Waals surface area contributed by atoms with Gasteiger partial charge in [-0.1, -0.05) is 30.3 Å². The summed E-state index contributed by atoms with van der Waals surface area (Å²) in [6, 6.07) is 14.0. The Bertz CT molecular complexity index is 1260. The third-order valence-corrected chi connectivity index (χ3v) is 6.04. The molecule has 1 saturated heterocycles. The Balaban J connectivity index is 1.52. The van der Waals surface area contributed by atoms with Crippen molar-refractivity contribution in [3.05, 3.63) is 92.9 Å². The summed E-state index contributed by atoms with van der Waals surface area (Å²) in [7, 11) is 0. The number of alkyl halides is 3. The van der Waals surface area contributed by atoms with Gasteiger partial charge in [0.25, 0.3) is 5.91 Å². The van der Waals surface area contributed by atoms with Crippen molar-refractivity contribution < 1.29 is 18.0 Å². The fraction of sp³-hybridized carbons (Fsp3) is 0.320. The second-order valence-corrected chi connectivity index (χ2v) is 8.45. The van der Waals surface area contributed by atoms with Crippen LogP contribution in [0.5, 0.6) is 0 Å². The van der Waals surface area contributed by atoms with Crippen LogP contribution in [0.2, 0.25) is 0 Å². The largest absolute Gasteiger partial charge is 0.416 e. The molecule has 1 aliphatic heterocycles. The highest BCUT2D eigenvalue weighted by Crippen LogP contribution is 2.30. The van der Waals surface area contributed by atoms with Crippen molar-refractivity contribution in [3.63, 3.8) is 0 Å². The molecule has 34 heavy (non-hydrogen) atoms. The minimum Gasteiger partial charge on any atom is -0.335 e. The molecule has 2 aromatic carbocycles. The van der Waals surface area contributed by atoms with Gasteiger partial charge in [-0.25, -0.2) is 4.68 Å². The quantitative estimate of drug-likeness (QED) is 0.582. The molecule has 4 rings (SSSR count). The highest BCUT2D eigenvalue weighted by molar-refractivity contribution is 5.92. The second kappa shape index (κ2) is 9.42. The molecule has 2 heterocycles. The summed E-state index contributed by atoms with van der Waals surface area (Å²) in [6.07, 6.45) is -4.51. The van der Waals surface area contributed by atoms with Crippen molar-refractivity contribution in [1.29, 1.82) is 0 Å². The van der Waals surface area contributed by atoms with Gasteiger partial charge in [0.1, 0.15) is 0 Å². The Morgan fingerprint density at radius 2 is 1.68 bits per heavy atom. The van der Waals surface area contributed by atoms with Crippen LogP contribution in [-0.2, 0) is 12.7 Å². The highest BCUT2D eigenvalue weighted by Gasteiger charge is 2.31. The number of benzene rings is 2. The zero-order chi connectivity index (χ0) is 24.5. The Hall–Kier alpha value is -3.46. The van der Waals surface area contributed by atoms with Crippen molar-refractivity contribution in [2.24, 2.45) is 0 Å². The molecular formula is C25H25F3N4O2. The molecule has 0 unspecified atom stereocenters. The zero-order valence-electron chi connectivity index (χ0n) is 19.0. The lowest BCUT2D eigenvalue weighted by Gasteiger charge is -2.34. The van der Waals surface area contributed by atoms with Crippen molar-refractivity contribution in [2.45, 2.75) is 26.6 Å². The Morgan fingerprint density at radius 1 is 0.971 bits per heavy atom. The van der Waals surface area contributed by atoms with Gasteiger partial charge in [0, 0.05) is 44.5 Å². The van der Waals surface area contributed by atoms with Crippen LogP contribution in [0.3, 0.4) is 0 Å². The van der Waals surface area contributed by atoms with E-state index in [-0.39, 0.29) is 11.4 Å². The van der Waals surface area contributed by atoms with Crippen LogP contribution in [0.1, 0.15) is 32.9 Å². The van der Waals surface area contributed by atoms with E-state index in [0.29, 0.717) is 31.9 Å². The molecule has 0 N–H and O–H groups in total. The van der Waals surface area contributed by atoms with Crippen molar-refractivity contribution >= 4 is 5.91 Å². The summed E-state index contributed by atoms with van der Waals surface area (Å²) in [5.41, 5.74) is 1.23. The fourth-order valence-corrected chi connectivity index (χ4v) is 4.06. The summed E-state index contributed by atoms with van der Waals surface area (Å²) >= 11 is 0. The summed E-state index contributed by atoms with van der Waals surface area (Å²) in [5.74, 6) is -0.513. The molecule has 0 spiro atoms. The van der Waals surface area contributed by atoms with E-state index < -0.39 is 23.1 Å². The zero-order valence-corrected chi connectivity index (χ0v) is 19.0. The molecule has 0 saturated carbocycles. The minimum atomic E-state index is -4.51. The first-order chi connectivity index (χ1) is 16.1. The van der Waals surface area contributed by atoms with Crippen LogP contribution in [0.15, 0.2) is 59.4 Å². The summed E-state index contributed by atoms with van der Waals surface area (Å²) in [5, 5.41) is 4.17. The van der Waals surface area contributed by atoms with Gasteiger partial charge in [-0.3, -0.25) is 14.5 Å². The number of carbonyl (C=O) groups is 1. The lowest BCUT2D eigenvalue weighted by Crippen LogP contribution is -2.49. The average molecular weight is 470 g/mol. The smallest absolute Gasteiger partial charge is 0.335 e. The molecule has 3 aromatic rings. The lowest BCUT2D eigenvalue weighted by molar-refractivity contribution is -0.137. The maximum atomic E-state index is 13.1. The predicted molar refractivity (Wildman–Crippen MR) is 122 cm³/mol. The first kappa shape index (κ1) is 23.7. The fourth-order valence-electron chi connectivity index (χ4n) is 4.06. The molecule has 1 amide bonds. The molecule has 0 radical (unpaired) electrons. The number of aromatic nitrogens is 2. The van der Waals surface area contributed by atoms with Crippen LogP contribution in [0.25, 0.3) is 5.69 Å². The predicted octanol–water partition coefficient (Wildman–Crippen LogP) is 3.83. The van der Waals surface area contributed by atoms with E-state index in [1.54, 1.807) is 11.8 Å². The van der Waals surface area contributed by atoms with E-state index >= 15 is 0 Å². The van der Waals surface area contributed by atoms with E-state index in [4.69, 9.17) is 0 Å². The lowest BCUT2D eigenvalue weighted by atomic mass is 10.1. The maximum absolute atomic E-state index is 13.1. The maximum Gasteiger partial charge on any atom is 0.416 e. The molecule has 1 fully saturated rings. The molecule has 0 atom stereocenters. The van der Waals surface area contributed by atoms with Gasteiger partial charge < -0.3 is 4.90 Å². The van der Waals surface area contributed by atoms with E-state index in [2.05, 4.69) is 29.1 Å². The number of halogens is 3. The monoisotopic (exact) mass is 470 g/mol. The SMILES string of the molecule is Cc1ccccc1CN1CCN(C(=O)c2nn(-c3cccc(C(F)(F)F)c3)c(C)cc2=O)CC1. The molecule has 0 aliphatic carbocycles. The number of amides is 1. The normalized spacial score (nSPS) is 14.9. The van der Waals surface area contributed by atoms with Gasteiger partial charge in [-0.15, -0.1) is 0 Å². The van der Waals surface area contributed by atoms with Crippen molar-refractivity contribution in [2.75, 3.05) is 26.2 Å². The molecule has 178 valence electrons. The molecule has 1 aromatic heterocycles. The van der Waals surface area contributed by atoms with E-state index in [1.807, 2.05) is 12.1 Å². The van der Waals surface area contributed by atoms with Crippen LogP contribution in [-0.4, -0.2) is 51.7 Å². The van der Waals surface area contributed by atoms with Crippen molar-refractivity contribution in [1.82, 2.24) is 19.6 Å². The Labute approximate surface area is 195 Å². The number of piperazine rings is 1. The number of carbonyl (C=O) groups excluding carboxylic acids is 1. The van der Waals surface area contributed by atoms with Gasteiger partial charge in [0.05, 0.1) is 11.3 Å². The number of hydrogen-bond acceptors (Lipinski definition) is 4. The molecule has 9 heteroatoms. The number of hydrogen-bond donors (Lipinski definition) is 0. The number of nitrogens with zero attached hydrogens (tertiary/aromatic N) is 4. The topological polar surface area (TPSA) is 58.4 Å². The number of aryl methyl sites for hydroxylation is 2. The summed E-state index contributed by atoms with van der Waals surface area (Å²) in [6.45, 7) is 6.56. The van der Waals surface area contributed by atoms with Gasteiger partial charge in [-0.2, -0.15) is 18.3 Å². The van der Waals surface area contributed by atoms with Crippen LogP contribution >= 0.6 is 0 Å². The van der Waals surface area contributed by atoms with Gasteiger partial charge in [-0.05, 0) is 43.2 Å². The van der Waals surface area contributed by atoms with E-state index in [9.17, 15) is 22.8 Å². The van der Waals surface area contributed by atoms with Crippen LogP contribution in [0.4, 0.5) is 13.2 Å². The minimum absolute atomic E-state index is 0.129. The molecular weight excluding hydrogens is 445 g/mol. The third kappa shape index (κ3) is 5.04. The van der Waals surface area contributed by atoms with Crippen molar-refractivity contribution in [3.8, 4) is 5.69 Å². The highest BCUT2D eigenvalue weighted by atomic mass is 19.4.